The Balaban J connectivity index is 1.35. The first kappa shape index (κ1) is 31.6. The van der Waals surface area contributed by atoms with Crippen molar-refractivity contribution in [3.8, 4) is 0 Å². The molecule has 5 N–H and O–H groups in total. The van der Waals surface area contributed by atoms with E-state index >= 15 is 0 Å². The number of esters is 1. The molecular formula is C30H39NO11. The minimum Gasteiger partial charge on any atom is -0.481 e. The molecule has 0 saturated heterocycles. The van der Waals surface area contributed by atoms with Crippen LogP contribution in [0.4, 0.5) is 0 Å². The van der Waals surface area contributed by atoms with Gasteiger partial charge in [-0.2, -0.15) is 0 Å². The first-order valence-electron chi connectivity index (χ1n) is 14.4. The van der Waals surface area contributed by atoms with Gasteiger partial charge in [0.05, 0.1) is 12.5 Å². The van der Waals surface area contributed by atoms with Gasteiger partial charge in [0.2, 0.25) is 11.7 Å². The standard InChI is InChI=1S/C30H39NO11/c1-28-11-9-17(32)13-16(28)3-4-18-19-10-12-30(41,29(19,2)14-21(33)26(18)28)22(34)15-42-25(38)8-6-23(35)31-20(27(39)40)5-7-24(36)37/h9,11,13,18-21,26,33,41H,3-8,10,12,14-15H2,1-2H3,(H,31,35)(H,36,37)(H,39,40)/t18-,19-,20-,21+,26+,28-,29-,30-/m0/s1. The fraction of sp³-hybridized carbons (Fsp3) is 0.667. The molecule has 0 bridgehead atoms. The summed E-state index contributed by atoms with van der Waals surface area (Å²) in [6.45, 7) is 3.13. The van der Waals surface area contributed by atoms with Gasteiger partial charge in [-0.3, -0.25) is 24.0 Å². The maximum Gasteiger partial charge on any atom is 0.326 e. The summed E-state index contributed by atoms with van der Waals surface area (Å²) in [5, 5.41) is 43.2. The summed E-state index contributed by atoms with van der Waals surface area (Å²) in [4.78, 5) is 71.7. The normalized spacial score (nSPS) is 35.6. The van der Waals surface area contributed by atoms with Crippen LogP contribution in [0.1, 0.15) is 71.6 Å². The zero-order chi connectivity index (χ0) is 31.0. The number of carboxylic acids is 2. The minimum atomic E-state index is -1.82. The van der Waals surface area contributed by atoms with Crippen molar-refractivity contribution in [1.29, 1.82) is 0 Å². The number of Topliss-reactive ketones (excluding diaryl/α,β-unsaturated/α-hetero) is 1. The van der Waals surface area contributed by atoms with Gasteiger partial charge >= 0.3 is 17.9 Å². The van der Waals surface area contributed by atoms with E-state index in [-0.39, 0.29) is 42.8 Å². The number of hydrogen-bond donors (Lipinski definition) is 5. The lowest BCUT2D eigenvalue weighted by molar-refractivity contribution is -0.181. The summed E-state index contributed by atoms with van der Waals surface area (Å²) in [5.41, 5.74) is -2.26. The quantitative estimate of drug-likeness (QED) is 0.217. The van der Waals surface area contributed by atoms with Crippen LogP contribution in [0.5, 0.6) is 0 Å². The highest BCUT2D eigenvalue weighted by molar-refractivity contribution is 6.01. The predicted molar refractivity (Wildman–Crippen MR) is 145 cm³/mol. The van der Waals surface area contributed by atoms with Gasteiger partial charge < -0.3 is 30.5 Å². The fourth-order valence-corrected chi connectivity index (χ4v) is 8.13. The number of allylic oxidation sites excluding steroid dienone is 4. The molecule has 4 aliphatic rings. The third kappa shape index (κ3) is 5.66. The lowest BCUT2D eigenvalue weighted by atomic mass is 9.46. The first-order chi connectivity index (χ1) is 19.6. The number of aliphatic carboxylic acids is 2. The number of carbonyl (C=O) groups excluding carboxylic acids is 4. The lowest BCUT2D eigenvalue weighted by Crippen LogP contribution is -2.61. The van der Waals surface area contributed by atoms with E-state index in [4.69, 9.17) is 14.9 Å². The molecule has 4 rings (SSSR count). The van der Waals surface area contributed by atoms with Crippen LogP contribution in [0, 0.1) is 28.6 Å². The molecule has 0 aromatic carbocycles. The van der Waals surface area contributed by atoms with Crippen molar-refractivity contribution in [2.24, 2.45) is 28.6 Å². The highest BCUT2D eigenvalue weighted by atomic mass is 16.5. The number of ketones is 2. The molecule has 8 atom stereocenters. The number of fused-ring (bicyclic) bond motifs is 5. The number of amides is 1. The minimum absolute atomic E-state index is 0.0202. The molecule has 4 aliphatic carbocycles. The average Bonchev–Trinajstić information content (AvgIpc) is 3.19. The number of aliphatic hydroxyl groups excluding tert-OH is 1. The van der Waals surface area contributed by atoms with E-state index < -0.39 is 84.0 Å². The van der Waals surface area contributed by atoms with Crippen molar-refractivity contribution < 1.29 is 53.9 Å². The molecule has 3 fully saturated rings. The van der Waals surface area contributed by atoms with Crippen LogP contribution >= 0.6 is 0 Å². The second kappa shape index (κ2) is 11.7. The predicted octanol–water partition coefficient (Wildman–Crippen LogP) is 1.32. The molecule has 0 radical (unpaired) electrons. The molecular weight excluding hydrogens is 550 g/mol. The molecule has 0 spiro atoms. The second-order valence-corrected chi connectivity index (χ2v) is 12.6. The van der Waals surface area contributed by atoms with E-state index in [0.717, 1.165) is 12.0 Å². The Morgan fingerprint density at radius 3 is 2.48 bits per heavy atom. The summed E-state index contributed by atoms with van der Waals surface area (Å²) in [5.74, 6) is -5.24. The van der Waals surface area contributed by atoms with Crippen LogP contribution in [0.15, 0.2) is 23.8 Å². The van der Waals surface area contributed by atoms with E-state index in [2.05, 4.69) is 5.32 Å². The van der Waals surface area contributed by atoms with Gasteiger partial charge in [0.15, 0.2) is 12.4 Å². The van der Waals surface area contributed by atoms with Crippen LogP contribution in [0.2, 0.25) is 0 Å². The number of hydrogen-bond acceptors (Lipinski definition) is 9. The van der Waals surface area contributed by atoms with Gasteiger partial charge in [-0.05, 0) is 62.5 Å². The summed E-state index contributed by atoms with van der Waals surface area (Å²) in [6.07, 6.45) is 4.91. The van der Waals surface area contributed by atoms with Gasteiger partial charge in [-0.25, -0.2) is 4.79 Å². The molecule has 0 aliphatic heterocycles. The maximum absolute atomic E-state index is 13.4. The van der Waals surface area contributed by atoms with Crippen LogP contribution in [0.25, 0.3) is 0 Å². The van der Waals surface area contributed by atoms with Gasteiger partial charge in [-0.15, -0.1) is 0 Å². The molecule has 0 aromatic heterocycles. The molecule has 3 saturated carbocycles. The highest BCUT2D eigenvalue weighted by Crippen LogP contribution is 2.67. The topological polar surface area (TPSA) is 205 Å². The Hall–Kier alpha value is -3.38. The molecule has 0 unspecified atom stereocenters. The molecule has 1 amide bonds. The van der Waals surface area contributed by atoms with Gasteiger partial charge in [0.1, 0.15) is 11.6 Å². The van der Waals surface area contributed by atoms with Crippen LogP contribution in [-0.4, -0.2) is 80.2 Å². The van der Waals surface area contributed by atoms with Gasteiger partial charge in [0.25, 0.3) is 0 Å². The Labute approximate surface area is 243 Å². The summed E-state index contributed by atoms with van der Waals surface area (Å²) >= 11 is 0. The molecule has 0 heterocycles. The summed E-state index contributed by atoms with van der Waals surface area (Å²) in [7, 11) is 0. The first-order valence-corrected chi connectivity index (χ1v) is 14.4. The molecule has 230 valence electrons. The van der Waals surface area contributed by atoms with E-state index in [0.29, 0.717) is 12.8 Å². The number of aliphatic hydroxyl groups is 2. The second-order valence-electron chi connectivity index (χ2n) is 12.6. The van der Waals surface area contributed by atoms with Crippen molar-refractivity contribution in [1.82, 2.24) is 5.32 Å². The SMILES string of the molecule is C[C@]12C=CC(=O)C=C1CC[C@@H]1[C@@H]2[C@H](O)C[C@@]2(C)[C@H]1CC[C@]2(O)C(=O)COC(=O)CCC(=O)N[C@@H](CCC(=O)O)C(=O)O. The number of carbonyl (C=O) groups is 6. The van der Waals surface area contributed by atoms with E-state index in [1.54, 1.807) is 12.2 Å². The summed E-state index contributed by atoms with van der Waals surface area (Å²) in [6, 6.07) is -1.42. The van der Waals surface area contributed by atoms with Gasteiger partial charge in [-0.1, -0.05) is 25.5 Å². The fourth-order valence-electron chi connectivity index (χ4n) is 8.13. The third-order valence-corrected chi connectivity index (χ3v) is 10.3. The van der Waals surface area contributed by atoms with E-state index in [9.17, 15) is 39.0 Å². The largest absolute Gasteiger partial charge is 0.481 e. The van der Waals surface area contributed by atoms with E-state index in [1.807, 2.05) is 19.9 Å². The van der Waals surface area contributed by atoms with Crippen molar-refractivity contribution in [3.05, 3.63) is 23.8 Å². The molecule has 42 heavy (non-hydrogen) atoms. The van der Waals surface area contributed by atoms with Crippen LogP contribution < -0.4 is 5.32 Å². The Morgan fingerprint density at radius 1 is 1.10 bits per heavy atom. The van der Waals surface area contributed by atoms with Gasteiger partial charge in [0, 0.05) is 29.6 Å². The average molecular weight is 590 g/mol. The monoisotopic (exact) mass is 589 g/mol. The molecule has 12 heteroatoms. The maximum atomic E-state index is 13.4. The summed E-state index contributed by atoms with van der Waals surface area (Å²) < 4.78 is 5.08. The van der Waals surface area contributed by atoms with Crippen molar-refractivity contribution >= 4 is 35.4 Å². The zero-order valence-corrected chi connectivity index (χ0v) is 23.8. The Morgan fingerprint density at radius 2 is 1.81 bits per heavy atom. The third-order valence-electron chi connectivity index (χ3n) is 10.3. The zero-order valence-electron chi connectivity index (χ0n) is 23.8. The number of carboxylic acid groups (broad SMARTS) is 2. The van der Waals surface area contributed by atoms with E-state index in [1.165, 1.54) is 0 Å². The van der Waals surface area contributed by atoms with Crippen LogP contribution in [0.3, 0.4) is 0 Å². The number of nitrogens with one attached hydrogen (secondary N) is 1. The number of rotatable bonds is 11. The van der Waals surface area contributed by atoms with Crippen LogP contribution in [-0.2, 0) is 33.5 Å². The Kier molecular flexibility index (Phi) is 8.80. The molecule has 0 aromatic rings. The smallest absolute Gasteiger partial charge is 0.326 e. The lowest BCUT2D eigenvalue weighted by Gasteiger charge is -2.59. The van der Waals surface area contributed by atoms with Crippen molar-refractivity contribution in [3.63, 3.8) is 0 Å². The van der Waals surface area contributed by atoms with Crippen molar-refractivity contribution in [2.75, 3.05) is 6.61 Å². The van der Waals surface area contributed by atoms with Crippen molar-refractivity contribution in [2.45, 2.75) is 89.4 Å². The number of ether oxygens (including phenoxy) is 1. The Bertz CT molecular complexity index is 1240. The molecule has 12 nitrogen and oxygen atoms in total. The highest BCUT2D eigenvalue weighted by Gasteiger charge is 2.68.